The summed E-state index contributed by atoms with van der Waals surface area (Å²) in [6.07, 6.45) is 5.86. The van der Waals surface area contributed by atoms with Crippen molar-refractivity contribution in [2.75, 3.05) is 44.7 Å². The van der Waals surface area contributed by atoms with Crippen molar-refractivity contribution < 1.29 is 14.3 Å². The van der Waals surface area contributed by atoms with Gasteiger partial charge in [0.15, 0.2) is 0 Å². The van der Waals surface area contributed by atoms with Crippen LogP contribution in [0.1, 0.15) is 39.0 Å². The molecule has 168 valence electrons. The summed E-state index contributed by atoms with van der Waals surface area (Å²) < 4.78 is 11.2. The van der Waals surface area contributed by atoms with Crippen LogP contribution in [0.2, 0.25) is 0 Å². The number of ether oxygens (including phenoxy) is 2. The molecule has 1 aromatic rings. The van der Waals surface area contributed by atoms with Gasteiger partial charge in [0, 0.05) is 44.3 Å². The minimum absolute atomic E-state index is 0.0248. The van der Waals surface area contributed by atoms with Gasteiger partial charge >= 0.3 is 5.97 Å². The number of anilines is 1. The lowest BCUT2D eigenvalue weighted by Gasteiger charge is -2.50. The van der Waals surface area contributed by atoms with E-state index in [1.165, 1.54) is 24.1 Å². The number of fused-ring (bicyclic) bond motifs is 2. The highest BCUT2D eigenvalue weighted by Crippen LogP contribution is 2.56. The number of hydrogen-bond donors (Lipinski definition) is 0. The van der Waals surface area contributed by atoms with E-state index < -0.39 is 0 Å². The first-order valence-electron chi connectivity index (χ1n) is 12.0. The highest BCUT2D eigenvalue weighted by Gasteiger charge is 2.55. The van der Waals surface area contributed by atoms with E-state index in [9.17, 15) is 4.79 Å². The van der Waals surface area contributed by atoms with Crippen LogP contribution < -0.4 is 9.64 Å². The zero-order valence-corrected chi connectivity index (χ0v) is 19.0. The molecule has 5 rings (SSSR count). The molecule has 2 heterocycles. The Labute approximate surface area is 186 Å². The van der Waals surface area contributed by atoms with Gasteiger partial charge in [0.2, 0.25) is 0 Å². The first-order valence-corrected chi connectivity index (χ1v) is 12.0. The van der Waals surface area contributed by atoms with Gasteiger partial charge in [-0.3, -0.25) is 9.69 Å². The molecule has 2 saturated heterocycles. The molecular formula is C26H36N2O3. The third-order valence-corrected chi connectivity index (χ3v) is 8.58. The molecule has 2 aliphatic carbocycles. The molecule has 0 spiro atoms. The second kappa shape index (κ2) is 8.16. The van der Waals surface area contributed by atoms with Crippen LogP contribution in [0.15, 0.2) is 36.4 Å². The van der Waals surface area contributed by atoms with Crippen LogP contribution >= 0.6 is 0 Å². The van der Waals surface area contributed by atoms with Crippen molar-refractivity contribution >= 4 is 11.7 Å². The van der Waals surface area contributed by atoms with Gasteiger partial charge in [-0.2, -0.15) is 0 Å². The summed E-state index contributed by atoms with van der Waals surface area (Å²) in [5.41, 5.74) is 2.93. The number of rotatable bonds is 4. The number of hydrogen-bond acceptors (Lipinski definition) is 5. The highest BCUT2D eigenvalue weighted by molar-refractivity contribution is 5.75. The number of carbonyl (C=O) groups is 1. The summed E-state index contributed by atoms with van der Waals surface area (Å²) in [5, 5.41) is 0. The molecule has 0 bridgehead atoms. The number of methoxy groups -OCH3 is 1. The Balaban J connectivity index is 1.21. The van der Waals surface area contributed by atoms with Gasteiger partial charge in [-0.15, -0.1) is 0 Å². The van der Waals surface area contributed by atoms with Crippen LogP contribution in [0.4, 0.5) is 5.69 Å². The predicted molar refractivity (Wildman–Crippen MR) is 122 cm³/mol. The third kappa shape index (κ3) is 3.86. The van der Waals surface area contributed by atoms with Crippen LogP contribution in [-0.4, -0.2) is 56.8 Å². The van der Waals surface area contributed by atoms with E-state index >= 15 is 0 Å². The Morgan fingerprint density at radius 3 is 2.65 bits per heavy atom. The third-order valence-electron chi connectivity index (χ3n) is 8.58. The molecule has 31 heavy (non-hydrogen) atoms. The maximum absolute atomic E-state index is 12.9. The average Bonchev–Trinajstić information content (AvgIpc) is 3.06. The lowest BCUT2D eigenvalue weighted by molar-refractivity contribution is -0.146. The fourth-order valence-electron chi connectivity index (χ4n) is 6.72. The first-order chi connectivity index (χ1) is 15.0. The van der Waals surface area contributed by atoms with Crippen molar-refractivity contribution in [2.45, 2.75) is 45.1 Å². The van der Waals surface area contributed by atoms with Crippen molar-refractivity contribution in [1.29, 1.82) is 0 Å². The van der Waals surface area contributed by atoms with Gasteiger partial charge in [0.25, 0.3) is 0 Å². The standard InChI is InChI=1S/C26H36N2O3/c1-18-5-4-10-26(2)16-24-21(15-23(18)26)22(25(29)31-24)17-27-11-13-28(14-12-27)19-6-8-20(30-3)9-7-19/h6-9,21-24H,1,4-5,10-17H2,2-3H3. The molecule has 2 aliphatic heterocycles. The van der Waals surface area contributed by atoms with Gasteiger partial charge in [-0.25, -0.2) is 0 Å². The minimum Gasteiger partial charge on any atom is -0.497 e. The molecule has 1 aromatic carbocycles. The maximum Gasteiger partial charge on any atom is 0.310 e. The fraction of sp³-hybridized carbons (Fsp3) is 0.654. The zero-order chi connectivity index (χ0) is 21.6. The minimum atomic E-state index is 0.0248. The van der Waals surface area contributed by atoms with Crippen molar-refractivity contribution in [2.24, 2.45) is 23.2 Å². The fourth-order valence-corrected chi connectivity index (χ4v) is 6.72. The van der Waals surface area contributed by atoms with Crippen molar-refractivity contribution in [3.8, 4) is 5.75 Å². The largest absolute Gasteiger partial charge is 0.497 e. The molecule has 0 aromatic heterocycles. The summed E-state index contributed by atoms with van der Waals surface area (Å²) in [6.45, 7) is 11.6. The number of piperazine rings is 1. The Morgan fingerprint density at radius 2 is 1.94 bits per heavy atom. The Hall–Kier alpha value is -2.01. The Bertz CT molecular complexity index is 830. The van der Waals surface area contributed by atoms with Gasteiger partial charge < -0.3 is 14.4 Å². The lowest BCUT2D eigenvalue weighted by Crippen LogP contribution is -2.50. The monoisotopic (exact) mass is 424 g/mol. The second-order valence-electron chi connectivity index (χ2n) is 10.4. The second-order valence-corrected chi connectivity index (χ2v) is 10.4. The first kappa shape index (κ1) is 20.9. The summed E-state index contributed by atoms with van der Waals surface area (Å²) in [7, 11) is 1.70. The molecule has 5 unspecified atom stereocenters. The number of nitrogens with zero attached hydrogens (tertiary/aromatic N) is 2. The molecule has 5 nitrogen and oxygen atoms in total. The van der Waals surface area contributed by atoms with Crippen molar-refractivity contribution in [3.63, 3.8) is 0 Å². The number of esters is 1. The SMILES string of the molecule is C=C1CCCC2(C)CC3OC(=O)C(CN4CCN(c5ccc(OC)cc5)CC4)C3CC12. The molecule has 5 heteroatoms. The van der Waals surface area contributed by atoms with Crippen LogP contribution in [0.25, 0.3) is 0 Å². The smallest absolute Gasteiger partial charge is 0.310 e. The maximum atomic E-state index is 12.9. The molecule has 0 amide bonds. The predicted octanol–water partition coefficient (Wildman–Crippen LogP) is 4.13. The topological polar surface area (TPSA) is 42.0 Å². The average molecular weight is 425 g/mol. The van der Waals surface area contributed by atoms with Crippen molar-refractivity contribution in [1.82, 2.24) is 4.90 Å². The summed E-state index contributed by atoms with van der Waals surface area (Å²) >= 11 is 0. The van der Waals surface area contributed by atoms with Gasteiger partial charge in [0.1, 0.15) is 11.9 Å². The number of benzene rings is 1. The lowest BCUT2D eigenvalue weighted by atomic mass is 9.55. The Kier molecular flexibility index (Phi) is 5.49. The number of allylic oxidation sites excluding steroid dienone is 1. The highest BCUT2D eigenvalue weighted by atomic mass is 16.6. The van der Waals surface area contributed by atoms with Crippen molar-refractivity contribution in [3.05, 3.63) is 36.4 Å². The van der Waals surface area contributed by atoms with E-state index in [2.05, 4.69) is 35.4 Å². The summed E-state index contributed by atoms with van der Waals surface area (Å²) in [5.74, 6) is 1.88. The summed E-state index contributed by atoms with van der Waals surface area (Å²) in [6, 6.07) is 8.30. The summed E-state index contributed by atoms with van der Waals surface area (Å²) in [4.78, 5) is 17.7. The zero-order valence-electron chi connectivity index (χ0n) is 19.0. The van der Waals surface area contributed by atoms with E-state index in [1.807, 2.05) is 12.1 Å². The normalized spacial score (nSPS) is 36.0. The van der Waals surface area contributed by atoms with E-state index in [4.69, 9.17) is 9.47 Å². The molecule has 0 N–H and O–H groups in total. The molecule has 0 radical (unpaired) electrons. The van der Waals surface area contributed by atoms with Crippen LogP contribution in [-0.2, 0) is 9.53 Å². The quantitative estimate of drug-likeness (QED) is 0.537. The van der Waals surface area contributed by atoms with Crippen LogP contribution in [0.3, 0.4) is 0 Å². The molecule has 5 atom stereocenters. The van der Waals surface area contributed by atoms with Gasteiger partial charge in [-0.05, 0) is 67.7 Å². The molecule has 4 fully saturated rings. The molecule has 4 aliphatic rings. The van der Waals surface area contributed by atoms with E-state index in [-0.39, 0.29) is 23.4 Å². The molecular weight excluding hydrogens is 388 g/mol. The van der Waals surface area contributed by atoms with E-state index in [0.29, 0.717) is 11.8 Å². The van der Waals surface area contributed by atoms with Gasteiger partial charge in [-0.1, -0.05) is 19.1 Å². The number of carbonyl (C=O) groups excluding carboxylic acids is 1. The van der Waals surface area contributed by atoms with Crippen LogP contribution in [0, 0.1) is 23.2 Å². The molecule has 2 saturated carbocycles. The Morgan fingerprint density at radius 1 is 1.19 bits per heavy atom. The van der Waals surface area contributed by atoms with E-state index in [1.54, 1.807) is 7.11 Å². The van der Waals surface area contributed by atoms with E-state index in [0.717, 1.165) is 57.7 Å². The van der Waals surface area contributed by atoms with Crippen LogP contribution in [0.5, 0.6) is 5.75 Å². The van der Waals surface area contributed by atoms with Gasteiger partial charge in [0.05, 0.1) is 13.0 Å².